The lowest BCUT2D eigenvalue weighted by molar-refractivity contribution is -0.135. The molecule has 0 radical (unpaired) electrons. The molecule has 1 aliphatic heterocycles. The molecule has 1 saturated heterocycles. The lowest BCUT2D eigenvalue weighted by atomic mass is 10.0. The molecule has 6 heteroatoms. The van der Waals surface area contributed by atoms with Crippen molar-refractivity contribution in [2.24, 2.45) is 0 Å². The molecule has 184 valence electrons. The van der Waals surface area contributed by atoms with Gasteiger partial charge < -0.3 is 14.8 Å². The zero-order valence-corrected chi connectivity index (χ0v) is 20.7. The number of para-hydroxylation sites is 2. The lowest BCUT2D eigenvalue weighted by Crippen LogP contribution is -2.43. The molecule has 0 spiro atoms. The molecule has 0 aliphatic carbocycles. The van der Waals surface area contributed by atoms with E-state index in [0.29, 0.717) is 12.2 Å². The zero-order valence-electron chi connectivity index (χ0n) is 20.7. The van der Waals surface area contributed by atoms with E-state index in [2.05, 4.69) is 24.4 Å². The van der Waals surface area contributed by atoms with Crippen molar-refractivity contribution in [3.63, 3.8) is 0 Å². The van der Waals surface area contributed by atoms with E-state index < -0.39 is 0 Å². The molecule has 1 unspecified atom stereocenters. The van der Waals surface area contributed by atoms with Gasteiger partial charge in [-0.05, 0) is 55.0 Å². The van der Waals surface area contributed by atoms with Crippen LogP contribution in [0.2, 0.25) is 0 Å². The minimum atomic E-state index is -0.0722. The highest BCUT2D eigenvalue weighted by Crippen LogP contribution is 2.21. The fourth-order valence-corrected chi connectivity index (χ4v) is 5.00. The fourth-order valence-electron chi connectivity index (χ4n) is 5.00. The number of hydrogen-bond donors (Lipinski definition) is 1. The van der Waals surface area contributed by atoms with Crippen LogP contribution in [-0.4, -0.2) is 38.9 Å². The first kappa shape index (κ1) is 23.8. The van der Waals surface area contributed by atoms with Crippen LogP contribution in [0, 0.1) is 0 Å². The molecule has 1 N–H and O–H groups in total. The molecule has 3 aromatic carbocycles. The van der Waals surface area contributed by atoms with Gasteiger partial charge in [0.1, 0.15) is 12.4 Å². The summed E-state index contributed by atoms with van der Waals surface area (Å²) >= 11 is 0. The third-order valence-corrected chi connectivity index (χ3v) is 7.02. The summed E-state index contributed by atoms with van der Waals surface area (Å²) in [6, 6.07) is 26.4. The number of benzene rings is 3. The molecule has 1 atom stereocenters. The smallest absolute Gasteiger partial charge is 0.242 e. The van der Waals surface area contributed by atoms with Crippen LogP contribution in [0.15, 0.2) is 78.9 Å². The SMILES string of the molecule is CC1CCCCN1C(=O)Cn1c(CNC(=O)Cc2ccc(-c3ccccc3)cc2)nc2ccccc21. The Hall–Kier alpha value is -3.93. The Balaban J connectivity index is 1.26. The van der Waals surface area contributed by atoms with Crippen molar-refractivity contribution in [3.05, 3.63) is 90.3 Å². The summed E-state index contributed by atoms with van der Waals surface area (Å²) in [6.45, 7) is 3.44. The summed E-state index contributed by atoms with van der Waals surface area (Å²) in [6.07, 6.45) is 3.56. The van der Waals surface area contributed by atoms with Crippen LogP contribution < -0.4 is 5.32 Å². The Kier molecular flexibility index (Phi) is 7.12. The Bertz CT molecular complexity index is 1340. The van der Waals surface area contributed by atoms with Gasteiger partial charge in [-0.15, -0.1) is 0 Å². The fraction of sp³-hybridized carbons (Fsp3) is 0.300. The number of hydrogen-bond acceptors (Lipinski definition) is 3. The van der Waals surface area contributed by atoms with Gasteiger partial charge in [0, 0.05) is 12.6 Å². The van der Waals surface area contributed by atoms with Gasteiger partial charge in [-0.25, -0.2) is 4.98 Å². The minimum Gasteiger partial charge on any atom is -0.349 e. The standard InChI is InChI=1S/C30H32N4O2/c1-22-9-7-8-18-33(22)30(36)21-34-27-13-6-5-12-26(27)32-28(34)20-31-29(35)19-23-14-16-25(17-15-23)24-10-3-2-4-11-24/h2-6,10-17,22H,7-9,18-21H2,1H3,(H,31,35). The molecular formula is C30H32N4O2. The highest BCUT2D eigenvalue weighted by molar-refractivity contribution is 5.82. The molecule has 0 bridgehead atoms. The molecule has 36 heavy (non-hydrogen) atoms. The average Bonchev–Trinajstić information content (AvgIpc) is 3.26. The van der Waals surface area contributed by atoms with E-state index in [4.69, 9.17) is 4.98 Å². The number of imidazole rings is 1. The first-order valence-corrected chi connectivity index (χ1v) is 12.7. The van der Waals surface area contributed by atoms with E-state index >= 15 is 0 Å². The normalized spacial score (nSPS) is 15.7. The van der Waals surface area contributed by atoms with Crippen LogP contribution >= 0.6 is 0 Å². The summed E-state index contributed by atoms with van der Waals surface area (Å²) in [4.78, 5) is 32.6. The first-order valence-electron chi connectivity index (χ1n) is 12.7. The number of rotatable bonds is 7. The molecular weight excluding hydrogens is 448 g/mol. The average molecular weight is 481 g/mol. The number of likely N-dealkylation sites (tertiary alicyclic amines) is 1. The van der Waals surface area contributed by atoms with E-state index in [1.54, 1.807) is 0 Å². The summed E-state index contributed by atoms with van der Waals surface area (Å²) < 4.78 is 1.95. The van der Waals surface area contributed by atoms with Crippen LogP contribution in [0.4, 0.5) is 0 Å². The third-order valence-electron chi connectivity index (χ3n) is 7.02. The molecule has 6 nitrogen and oxygen atoms in total. The monoisotopic (exact) mass is 480 g/mol. The topological polar surface area (TPSA) is 67.2 Å². The number of piperidine rings is 1. The lowest BCUT2D eigenvalue weighted by Gasteiger charge is -2.33. The van der Waals surface area contributed by atoms with Gasteiger partial charge in [0.25, 0.3) is 0 Å². The summed E-state index contributed by atoms with van der Waals surface area (Å²) in [5.41, 5.74) is 4.98. The Morgan fingerprint density at radius 1 is 0.917 bits per heavy atom. The number of nitrogens with zero attached hydrogens (tertiary/aromatic N) is 3. The molecule has 1 aliphatic rings. The van der Waals surface area contributed by atoms with Crippen molar-refractivity contribution in [1.82, 2.24) is 19.8 Å². The quantitative estimate of drug-likeness (QED) is 0.406. The summed E-state index contributed by atoms with van der Waals surface area (Å²) in [5, 5.41) is 3.01. The van der Waals surface area contributed by atoms with Crippen molar-refractivity contribution < 1.29 is 9.59 Å². The molecule has 2 heterocycles. The Morgan fingerprint density at radius 2 is 1.64 bits per heavy atom. The van der Waals surface area contributed by atoms with Gasteiger partial charge in [0.05, 0.1) is 24.0 Å². The van der Waals surface area contributed by atoms with Crippen LogP contribution in [0.1, 0.15) is 37.6 Å². The molecule has 5 rings (SSSR count). The van der Waals surface area contributed by atoms with Crippen LogP contribution in [0.25, 0.3) is 22.2 Å². The Labute approximate surface area is 212 Å². The van der Waals surface area contributed by atoms with E-state index in [0.717, 1.165) is 47.1 Å². The number of aromatic nitrogens is 2. The first-order chi connectivity index (χ1) is 17.6. The van der Waals surface area contributed by atoms with Crippen LogP contribution in [0.5, 0.6) is 0 Å². The largest absolute Gasteiger partial charge is 0.349 e. The highest BCUT2D eigenvalue weighted by Gasteiger charge is 2.24. The number of amides is 2. The van der Waals surface area contributed by atoms with Crippen molar-refractivity contribution in [2.45, 2.75) is 51.7 Å². The molecule has 1 aromatic heterocycles. The highest BCUT2D eigenvalue weighted by atomic mass is 16.2. The predicted octanol–water partition coefficient (Wildman–Crippen LogP) is 4.96. The number of carbonyl (C=O) groups is 2. The van der Waals surface area contributed by atoms with Crippen molar-refractivity contribution in [1.29, 1.82) is 0 Å². The molecule has 1 fully saturated rings. The molecule has 4 aromatic rings. The van der Waals surface area contributed by atoms with Crippen LogP contribution in [-0.2, 0) is 29.1 Å². The van der Waals surface area contributed by atoms with Gasteiger partial charge in [0.2, 0.25) is 11.8 Å². The predicted molar refractivity (Wildman–Crippen MR) is 142 cm³/mol. The number of nitrogens with one attached hydrogen (secondary N) is 1. The molecule has 2 amide bonds. The van der Waals surface area contributed by atoms with Gasteiger partial charge >= 0.3 is 0 Å². The number of fused-ring (bicyclic) bond motifs is 1. The second kappa shape index (κ2) is 10.8. The van der Waals surface area contributed by atoms with Crippen molar-refractivity contribution in [2.75, 3.05) is 6.54 Å². The Morgan fingerprint density at radius 3 is 2.42 bits per heavy atom. The summed E-state index contributed by atoms with van der Waals surface area (Å²) in [5.74, 6) is 0.732. The number of carbonyl (C=O) groups excluding carboxylic acids is 2. The maximum Gasteiger partial charge on any atom is 0.242 e. The molecule has 0 saturated carbocycles. The van der Waals surface area contributed by atoms with E-state index in [9.17, 15) is 9.59 Å². The van der Waals surface area contributed by atoms with Crippen LogP contribution in [0.3, 0.4) is 0 Å². The summed E-state index contributed by atoms with van der Waals surface area (Å²) in [7, 11) is 0. The minimum absolute atomic E-state index is 0.0722. The van der Waals surface area contributed by atoms with E-state index in [1.165, 1.54) is 6.42 Å². The third kappa shape index (κ3) is 5.33. The van der Waals surface area contributed by atoms with Crippen molar-refractivity contribution >= 4 is 22.8 Å². The van der Waals surface area contributed by atoms with Gasteiger partial charge in [0.15, 0.2) is 0 Å². The van der Waals surface area contributed by atoms with E-state index in [1.807, 2.05) is 76.2 Å². The van der Waals surface area contributed by atoms with Gasteiger partial charge in [-0.3, -0.25) is 9.59 Å². The van der Waals surface area contributed by atoms with Gasteiger partial charge in [-0.2, -0.15) is 0 Å². The van der Waals surface area contributed by atoms with E-state index in [-0.39, 0.29) is 30.9 Å². The van der Waals surface area contributed by atoms with Crippen molar-refractivity contribution in [3.8, 4) is 11.1 Å². The maximum absolute atomic E-state index is 13.2. The maximum atomic E-state index is 13.2. The second-order valence-electron chi connectivity index (χ2n) is 9.55. The second-order valence-corrected chi connectivity index (χ2v) is 9.55. The van der Waals surface area contributed by atoms with Gasteiger partial charge in [-0.1, -0.05) is 66.7 Å². The zero-order chi connectivity index (χ0) is 24.9.